The molecule has 0 rings (SSSR count). The van der Waals surface area contributed by atoms with Crippen LogP contribution in [0.15, 0.2) is 21.4 Å². The highest BCUT2D eigenvalue weighted by Gasteiger charge is 1.98. The van der Waals surface area contributed by atoms with E-state index >= 15 is 0 Å². The summed E-state index contributed by atoms with van der Waals surface area (Å²) in [5.41, 5.74) is 0.922. The molecule has 4 nitrogen and oxygen atoms in total. The predicted octanol–water partition coefficient (Wildman–Crippen LogP) is 1.69. The van der Waals surface area contributed by atoms with Gasteiger partial charge < -0.3 is 0 Å². The average Bonchev–Trinajstić information content (AvgIpc) is 2.04. The molecule has 0 heterocycles. The molecule has 0 atom stereocenters. The highest BCUT2D eigenvalue weighted by Crippen LogP contribution is 2.12. The van der Waals surface area contributed by atoms with E-state index < -0.39 is 0 Å². The van der Waals surface area contributed by atoms with Crippen molar-refractivity contribution in [3.63, 3.8) is 0 Å². The summed E-state index contributed by atoms with van der Waals surface area (Å²) >= 11 is 0. The van der Waals surface area contributed by atoms with E-state index in [1.54, 1.807) is 6.92 Å². The van der Waals surface area contributed by atoms with Gasteiger partial charge in [-0.05, 0) is 13.3 Å². The number of carbonyl (C=O) groups excluding carboxylic acids is 2. The van der Waals surface area contributed by atoms with Gasteiger partial charge >= 0.3 is 0 Å². The lowest BCUT2D eigenvalue weighted by Crippen LogP contribution is -1.83. The minimum atomic E-state index is 0.426. The molecule has 64 valence electrons. The Kier molecular flexibility index (Phi) is 5.45. The Labute approximate surface area is 70.7 Å². The maximum absolute atomic E-state index is 9.93. The number of isocyanates is 2. The monoisotopic (exact) mass is 166 g/mol. The van der Waals surface area contributed by atoms with Crippen LogP contribution in [0, 0.1) is 0 Å². The fraction of sp³-hybridized carbons (Fsp3) is 0.500. The largest absolute Gasteiger partial charge is 0.240 e. The second-order valence-electron chi connectivity index (χ2n) is 2.19. The first-order chi connectivity index (χ1) is 5.76. The van der Waals surface area contributed by atoms with Crippen molar-refractivity contribution in [3.05, 3.63) is 11.4 Å². The second-order valence-corrected chi connectivity index (χ2v) is 2.19. The van der Waals surface area contributed by atoms with E-state index in [0.717, 1.165) is 6.42 Å². The Morgan fingerprint density at radius 2 is 1.83 bits per heavy atom. The third-order valence-electron chi connectivity index (χ3n) is 1.30. The lowest BCUT2D eigenvalue weighted by molar-refractivity contribution is 0.562. The molecule has 0 fully saturated rings. The predicted molar refractivity (Wildman–Crippen MR) is 43.9 cm³/mol. The van der Waals surface area contributed by atoms with E-state index in [9.17, 15) is 9.59 Å². The second kappa shape index (κ2) is 6.23. The minimum absolute atomic E-state index is 0.426. The van der Waals surface area contributed by atoms with Gasteiger partial charge in [0.05, 0.1) is 11.4 Å². The normalized spacial score (nSPS) is 10.8. The van der Waals surface area contributed by atoms with Gasteiger partial charge in [-0.1, -0.05) is 13.3 Å². The Morgan fingerprint density at radius 1 is 1.25 bits per heavy atom. The molecule has 0 radical (unpaired) electrons. The van der Waals surface area contributed by atoms with Crippen LogP contribution in [0.5, 0.6) is 0 Å². The van der Waals surface area contributed by atoms with Crippen LogP contribution in [0.1, 0.15) is 26.7 Å². The first kappa shape index (κ1) is 10.5. The Hall–Kier alpha value is -1.50. The average molecular weight is 166 g/mol. The molecular formula is C8H10N2O2. The van der Waals surface area contributed by atoms with Crippen molar-refractivity contribution in [2.75, 3.05) is 0 Å². The van der Waals surface area contributed by atoms with Gasteiger partial charge in [-0.3, -0.25) is 0 Å². The van der Waals surface area contributed by atoms with Crippen molar-refractivity contribution in [3.8, 4) is 0 Å². The lowest BCUT2D eigenvalue weighted by Gasteiger charge is -1.96. The molecule has 0 saturated heterocycles. The summed E-state index contributed by atoms with van der Waals surface area (Å²) < 4.78 is 0. The number of nitrogens with zero attached hydrogens (tertiary/aromatic N) is 2. The SMILES string of the molecule is CCCC(N=C=O)=C(C)N=C=O. The van der Waals surface area contributed by atoms with Gasteiger partial charge in [0.2, 0.25) is 12.2 Å². The number of allylic oxidation sites excluding steroid dienone is 2. The summed E-state index contributed by atoms with van der Waals surface area (Å²) in [7, 11) is 0. The third-order valence-corrected chi connectivity index (χ3v) is 1.30. The zero-order valence-corrected chi connectivity index (χ0v) is 7.13. The van der Waals surface area contributed by atoms with Crippen molar-refractivity contribution in [2.45, 2.75) is 26.7 Å². The zero-order chi connectivity index (χ0) is 9.40. The molecule has 0 aromatic heterocycles. The van der Waals surface area contributed by atoms with Crippen LogP contribution in [0.25, 0.3) is 0 Å². The van der Waals surface area contributed by atoms with Crippen molar-refractivity contribution < 1.29 is 9.59 Å². The first-order valence-corrected chi connectivity index (χ1v) is 3.61. The quantitative estimate of drug-likeness (QED) is 0.471. The number of hydrogen-bond acceptors (Lipinski definition) is 4. The molecule has 0 spiro atoms. The van der Waals surface area contributed by atoms with Crippen LogP contribution in [-0.4, -0.2) is 12.2 Å². The summed E-state index contributed by atoms with van der Waals surface area (Å²) in [6.07, 6.45) is 4.27. The van der Waals surface area contributed by atoms with Crippen LogP contribution in [0.3, 0.4) is 0 Å². The van der Waals surface area contributed by atoms with E-state index in [0.29, 0.717) is 17.8 Å². The maximum Gasteiger partial charge on any atom is 0.240 e. The van der Waals surface area contributed by atoms with Crippen LogP contribution in [-0.2, 0) is 9.59 Å². The number of aliphatic imine (C=N–C) groups is 2. The van der Waals surface area contributed by atoms with Crippen LogP contribution in [0.4, 0.5) is 0 Å². The Morgan fingerprint density at radius 3 is 2.25 bits per heavy atom. The molecule has 0 aliphatic heterocycles. The van der Waals surface area contributed by atoms with Crippen LogP contribution >= 0.6 is 0 Å². The Balaban J connectivity index is 4.77. The molecule has 0 saturated carbocycles. The van der Waals surface area contributed by atoms with Crippen molar-refractivity contribution in [1.29, 1.82) is 0 Å². The van der Waals surface area contributed by atoms with Gasteiger partial charge in [-0.25, -0.2) is 9.59 Å². The van der Waals surface area contributed by atoms with Crippen molar-refractivity contribution >= 4 is 12.2 Å². The molecule has 0 amide bonds. The molecule has 0 aliphatic carbocycles. The third kappa shape index (κ3) is 3.62. The van der Waals surface area contributed by atoms with Gasteiger partial charge in [0.1, 0.15) is 0 Å². The molecule has 12 heavy (non-hydrogen) atoms. The summed E-state index contributed by atoms with van der Waals surface area (Å²) in [5.74, 6) is 0. The highest BCUT2D eigenvalue weighted by molar-refractivity contribution is 5.41. The van der Waals surface area contributed by atoms with Crippen LogP contribution < -0.4 is 0 Å². The van der Waals surface area contributed by atoms with E-state index in [4.69, 9.17) is 0 Å². The zero-order valence-electron chi connectivity index (χ0n) is 7.13. The van der Waals surface area contributed by atoms with E-state index in [2.05, 4.69) is 9.98 Å². The van der Waals surface area contributed by atoms with E-state index in [1.807, 2.05) is 6.92 Å². The first-order valence-electron chi connectivity index (χ1n) is 3.61. The molecule has 0 aromatic rings. The summed E-state index contributed by atoms with van der Waals surface area (Å²) in [4.78, 5) is 26.6. The molecule has 0 bridgehead atoms. The fourth-order valence-electron chi connectivity index (χ4n) is 0.743. The summed E-state index contributed by atoms with van der Waals surface area (Å²) in [6, 6.07) is 0. The van der Waals surface area contributed by atoms with Crippen LogP contribution in [0.2, 0.25) is 0 Å². The molecule has 0 unspecified atom stereocenters. The minimum Gasteiger partial charge on any atom is -0.211 e. The molecule has 4 heteroatoms. The topological polar surface area (TPSA) is 58.9 Å². The van der Waals surface area contributed by atoms with Gasteiger partial charge in [-0.15, -0.1) is 0 Å². The van der Waals surface area contributed by atoms with Crippen molar-refractivity contribution in [1.82, 2.24) is 0 Å². The van der Waals surface area contributed by atoms with Crippen molar-refractivity contribution in [2.24, 2.45) is 9.98 Å². The molecular weight excluding hydrogens is 156 g/mol. The molecule has 0 aromatic carbocycles. The highest BCUT2D eigenvalue weighted by atomic mass is 16.1. The van der Waals surface area contributed by atoms with Gasteiger partial charge in [-0.2, -0.15) is 9.98 Å². The van der Waals surface area contributed by atoms with Gasteiger partial charge in [0, 0.05) is 0 Å². The smallest absolute Gasteiger partial charge is 0.211 e. The lowest BCUT2D eigenvalue weighted by atomic mass is 10.2. The molecule has 0 aliphatic rings. The standard InChI is InChI=1S/C8H10N2O2/c1-3-4-8(10-6-12)7(2)9-5-11/h3-4H2,1-2H3. The Bertz CT molecular complexity index is 269. The number of hydrogen-bond donors (Lipinski definition) is 0. The van der Waals surface area contributed by atoms with Gasteiger partial charge in [0.25, 0.3) is 0 Å². The fourth-order valence-corrected chi connectivity index (χ4v) is 0.743. The summed E-state index contributed by atoms with van der Waals surface area (Å²) in [6.45, 7) is 3.55. The number of rotatable bonds is 4. The summed E-state index contributed by atoms with van der Waals surface area (Å²) in [5, 5.41) is 0. The van der Waals surface area contributed by atoms with Gasteiger partial charge in [0.15, 0.2) is 0 Å². The molecule has 0 N–H and O–H groups in total. The van der Waals surface area contributed by atoms with E-state index in [1.165, 1.54) is 12.2 Å². The maximum atomic E-state index is 9.93. The van der Waals surface area contributed by atoms with E-state index in [-0.39, 0.29) is 0 Å².